The van der Waals surface area contributed by atoms with Crippen LogP contribution in [0.4, 0.5) is 10.1 Å². The Bertz CT molecular complexity index is 1180. The molecule has 4 rings (SSSR count). The van der Waals surface area contributed by atoms with Crippen molar-refractivity contribution in [2.75, 3.05) is 0 Å². The lowest BCUT2D eigenvalue weighted by molar-refractivity contribution is -0.383. The zero-order valence-corrected chi connectivity index (χ0v) is 14.7. The molecule has 0 saturated carbocycles. The van der Waals surface area contributed by atoms with Crippen LogP contribution in [0.5, 0.6) is 0 Å². The van der Waals surface area contributed by atoms with Gasteiger partial charge < -0.3 is 0 Å². The van der Waals surface area contributed by atoms with E-state index in [4.69, 9.17) is 11.6 Å². The van der Waals surface area contributed by atoms with E-state index in [9.17, 15) is 24.1 Å². The predicted molar refractivity (Wildman–Crippen MR) is 100 cm³/mol. The second-order valence-corrected chi connectivity index (χ2v) is 6.33. The van der Waals surface area contributed by atoms with Crippen molar-refractivity contribution in [1.29, 1.82) is 0 Å². The van der Waals surface area contributed by atoms with Crippen LogP contribution in [0.15, 0.2) is 53.6 Å². The van der Waals surface area contributed by atoms with E-state index < -0.39 is 22.6 Å². The smallest absolute Gasteiger partial charge is 0.267 e. The van der Waals surface area contributed by atoms with Gasteiger partial charge in [-0.15, -0.1) is 0 Å². The number of imide groups is 1. The fourth-order valence-electron chi connectivity index (χ4n) is 3.08. The summed E-state index contributed by atoms with van der Waals surface area (Å²) >= 11 is 5.93. The van der Waals surface area contributed by atoms with Crippen LogP contribution < -0.4 is 0 Å². The first kappa shape index (κ1) is 17.7. The van der Waals surface area contributed by atoms with Gasteiger partial charge in [-0.3, -0.25) is 19.7 Å². The van der Waals surface area contributed by atoms with Crippen LogP contribution >= 0.6 is 11.6 Å². The van der Waals surface area contributed by atoms with Gasteiger partial charge >= 0.3 is 0 Å². The van der Waals surface area contributed by atoms with Crippen molar-refractivity contribution in [2.45, 2.75) is 0 Å². The topological polar surface area (TPSA) is 92.9 Å². The number of nitro benzene ring substituents is 1. The molecule has 0 atom stereocenters. The summed E-state index contributed by atoms with van der Waals surface area (Å²) in [6, 6.07) is 10.9. The van der Waals surface area contributed by atoms with Crippen molar-refractivity contribution in [3.8, 4) is 0 Å². The molecule has 0 aliphatic carbocycles. The number of rotatable bonds is 3. The third kappa shape index (κ3) is 2.62. The number of carbonyl (C=O) groups is 2. The first-order chi connectivity index (χ1) is 13.4. The first-order valence-corrected chi connectivity index (χ1v) is 8.35. The zero-order chi connectivity index (χ0) is 20.0. The average Bonchev–Trinajstić information content (AvgIpc) is 2.67. The highest BCUT2D eigenvalue weighted by Gasteiger charge is 2.34. The normalized spacial score (nSPS) is 13.6. The van der Waals surface area contributed by atoms with Crippen LogP contribution in [0.3, 0.4) is 0 Å². The fraction of sp³-hybridized carbons (Fsp3) is 0. The number of nitro groups is 1. The van der Waals surface area contributed by atoms with Crippen molar-refractivity contribution >= 4 is 46.1 Å². The number of halogens is 2. The zero-order valence-electron chi connectivity index (χ0n) is 13.9. The molecule has 0 spiro atoms. The quantitative estimate of drug-likeness (QED) is 0.287. The highest BCUT2D eigenvalue weighted by Crippen LogP contribution is 2.35. The Morgan fingerprint density at radius 2 is 1.71 bits per heavy atom. The van der Waals surface area contributed by atoms with E-state index in [0.29, 0.717) is 5.01 Å². The molecule has 1 aliphatic rings. The summed E-state index contributed by atoms with van der Waals surface area (Å²) < 4.78 is 13.9. The number of hydrogen-bond acceptors (Lipinski definition) is 5. The molecule has 3 aromatic carbocycles. The molecule has 0 radical (unpaired) electrons. The predicted octanol–water partition coefficient (Wildman–Crippen LogP) is 4.17. The van der Waals surface area contributed by atoms with Gasteiger partial charge in [0, 0.05) is 17.0 Å². The molecule has 9 heteroatoms. The van der Waals surface area contributed by atoms with Crippen molar-refractivity contribution in [3.63, 3.8) is 0 Å². The van der Waals surface area contributed by atoms with Gasteiger partial charge in [-0.1, -0.05) is 23.7 Å². The number of nitrogens with zero attached hydrogens (tertiary/aromatic N) is 3. The second-order valence-electron chi connectivity index (χ2n) is 5.92. The minimum Gasteiger partial charge on any atom is -0.267 e. The molecule has 0 fully saturated rings. The molecular weight excluding hydrogens is 389 g/mol. The van der Waals surface area contributed by atoms with Gasteiger partial charge in [0.2, 0.25) is 0 Å². The van der Waals surface area contributed by atoms with E-state index in [1.54, 1.807) is 0 Å². The van der Waals surface area contributed by atoms with Gasteiger partial charge in [0.15, 0.2) is 0 Å². The minimum atomic E-state index is -0.771. The number of carbonyl (C=O) groups excluding carboxylic acids is 2. The maximum absolute atomic E-state index is 13.9. The lowest BCUT2D eigenvalue weighted by atomic mass is 9.94. The van der Waals surface area contributed by atoms with Crippen LogP contribution in [0.2, 0.25) is 5.02 Å². The Kier molecular flexibility index (Phi) is 4.12. The van der Waals surface area contributed by atoms with E-state index in [2.05, 4.69) is 5.10 Å². The van der Waals surface area contributed by atoms with E-state index in [0.717, 1.165) is 6.21 Å². The molecule has 7 nitrogen and oxygen atoms in total. The van der Waals surface area contributed by atoms with E-state index in [1.807, 2.05) is 0 Å². The lowest BCUT2D eigenvalue weighted by Gasteiger charge is -2.23. The Morgan fingerprint density at radius 1 is 1.04 bits per heavy atom. The highest BCUT2D eigenvalue weighted by atomic mass is 35.5. The summed E-state index contributed by atoms with van der Waals surface area (Å²) in [6.07, 6.45) is 0.990. The molecule has 0 saturated heterocycles. The molecule has 0 unspecified atom stereocenters. The molecule has 0 N–H and O–H groups in total. The molecule has 0 aromatic heterocycles. The van der Waals surface area contributed by atoms with Crippen LogP contribution in [0.25, 0.3) is 10.8 Å². The number of non-ortho nitro benzene ring substituents is 1. The molecule has 138 valence electrons. The van der Waals surface area contributed by atoms with Crippen LogP contribution in [0, 0.1) is 15.9 Å². The summed E-state index contributed by atoms with van der Waals surface area (Å²) in [5.74, 6) is -2.20. The highest BCUT2D eigenvalue weighted by molar-refractivity contribution is 6.33. The summed E-state index contributed by atoms with van der Waals surface area (Å²) in [5, 5.41) is 16.1. The first-order valence-electron chi connectivity index (χ1n) is 7.97. The molecule has 0 bridgehead atoms. The molecule has 2 amide bonds. The monoisotopic (exact) mass is 397 g/mol. The van der Waals surface area contributed by atoms with Crippen molar-refractivity contribution in [1.82, 2.24) is 5.01 Å². The van der Waals surface area contributed by atoms with E-state index >= 15 is 0 Å². The van der Waals surface area contributed by atoms with Crippen molar-refractivity contribution in [2.24, 2.45) is 5.10 Å². The summed E-state index contributed by atoms with van der Waals surface area (Å²) in [4.78, 5) is 36.2. The third-order valence-electron chi connectivity index (χ3n) is 4.36. The van der Waals surface area contributed by atoms with Crippen molar-refractivity contribution in [3.05, 3.63) is 86.2 Å². The summed E-state index contributed by atoms with van der Waals surface area (Å²) in [5.41, 5.74) is -0.103. The lowest BCUT2D eigenvalue weighted by Crippen LogP contribution is -2.36. The molecular formula is C19H9ClFN3O4. The second kappa shape index (κ2) is 6.50. The molecule has 3 aromatic rings. The van der Waals surface area contributed by atoms with Crippen LogP contribution in [-0.2, 0) is 0 Å². The Labute approximate surface area is 161 Å². The molecule has 1 heterocycles. The maximum atomic E-state index is 13.9. The number of hydrazone groups is 1. The van der Waals surface area contributed by atoms with E-state index in [-0.39, 0.29) is 38.2 Å². The number of benzene rings is 3. The Balaban J connectivity index is 1.85. The summed E-state index contributed by atoms with van der Waals surface area (Å²) in [7, 11) is 0. The van der Waals surface area contributed by atoms with Gasteiger partial charge in [0.05, 0.1) is 32.7 Å². The third-order valence-corrected chi connectivity index (χ3v) is 4.69. The van der Waals surface area contributed by atoms with Gasteiger partial charge in [0.25, 0.3) is 17.5 Å². The molecule has 1 aliphatic heterocycles. The number of amides is 2. The van der Waals surface area contributed by atoms with Gasteiger partial charge in [-0.05, 0) is 30.3 Å². The standard InChI is InChI=1S/C19H9ClFN3O4/c20-14-5-2-6-15(21)13(14)9-22-23-18(25)11-4-1-3-10-16(24(27)28)8-7-12(17(10)11)19(23)26/h1-9H. The minimum absolute atomic E-state index is 0.0683. The summed E-state index contributed by atoms with van der Waals surface area (Å²) in [6.45, 7) is 0. The Morgan fingerprint density at radius 3 is 2.39 bits per heavy atom. The van der Waals surface area contributed by atoms with Crippen LogP contribution in [0.1, 0.15) is 26.3 Å². The maximum Gasteiger partial charge on any atom is 0.282 e. The Hall–Kier alpha value is -3.65. The largest absolute Gasteiger partial charge is 0.282 e. The van der Waals surface area contributed by atoms with Gasteiger partial charge in [-0.2, -0.15) is 10.1 Å². The van der Waals surface area contributed by atoms with E-state index in [1.165, 1.54) is 48.5 Å². The number of hydrogen-bond donors (Lipinski definition) is 0. The fourth-order valence-corrected chi connectivity index (χ4v) is 3.29. The van der Waals surface area contributed by atoms with Crippen LogP contribution in [-0.4, -0.2) is 28.0 Å². The van der Waals surface area contributed by atoms with Gasteiger partial charge in [0.1, 0.15) is 5.82 Å². The van der Waals surface area contributed by atoms with Crippen molar-refractivity contribution < 1.29 is 18.9 Å². The molecule has 28 heavy (non-hydrogen) atoms. The SMILES string of the molecule is O=C1c2cccc3c([N+](=O)[O-])ccc(c23)C(=O)N1N=Cc1c(F)cccc1Cl. The van der Waals surface area contributed by atoms with Gasteiger partial charge in [-0.25, -0.2) is 4.39 Å². The average molecular weight is 398 g/mol.